The Kier molecular flexibility index (Phi) is 9.17. The average molecular weight is 261 g/mol. The summed E-state index contributed by atoms with van der Waals surface area (Å²) in [6.45, 7) is 4.63. The molecule has 0 amide bonds. The zero-order valence-corrected chi connectivity index (χ0v) is 12.0. The highest BCUT2D eigenvalue weighted by Crippen LogP contribution is 2.04. The van der Waals surface area contributed by atoms with Gasteiger partial charge in [0.1, 0.15) is 5.78 Å². The minimum absolute atomic E-state index is 0.0912. The third-order valence-corrected chi connectivity index (χ3v) is 3.32. The molecule has 0 spiro atoms. The number of carbonyl (C=O) groups is 2. The van der Waals surface area contributed by atoms with Crippen molar-refractivity contribution in [1.29, 1.82) is 0 Å². The molecule has 5 heteroatoms. The number of rotatable bonds is 9. The second kappa shape index (κ2) is 9.48. The molecule has 0 rings (SSSR count). The van der Waals surface area contributed by atoms with Crippen LogP contribution in [-0.2, 0) is 14.3 Å². The summed E-state index contributed by atoms with van der Waals surface area (Å²) in [7, 11) is 1.93. The van der Waals surface area contributed by atoms with E-state index in [1.165, 1.54) is 0 Å². The van der Waals surface area contributed by atoms with E-state index in [2.05, 4.69) is 6.92 Å². The van der Waals surface area contributed by atoms with Gasteiger partial charge in [-0.05, 0) is 27.2 Å². The van der Waals surface area contributed by atoms with Crippen molar-refractivity contribution in [3.05, 3.63) is 0 Å². The fourth-order valence-electron chi connectivity index (χ4n) is 1.36. The fraction of sp³-hybridized carbons (Fsp3) is 0.833. The lowest BCUT2D eigenvalue weighted by Crippen LogP contribution is -2.35. The molecule has 0 aliphatic carbocycles. The molecule has 1 unspecified atom stereocenters. The molecule has 0 fully saturated rings. The maximum absolute atomic E-state index is 11.6. The SMILES string of the molecule is CCOC(=O)CCC(=O)CN(C)C(C)CSC. The van der Waals surface area contributed by atoms with Gasteiger partial charge in [-0.2, -0.15) is 11.8 Å². The summed E-state index contributed by atoms with van der Waals surface area (Å²) >= 11 is 1.76. The summed E-state index contributed by atoms with van der Waals surface area (Å²) in [5, 5.41) is 0. The molecule has 0 saturated heterocycles. The van der Waals surface area contributed by atoms with Gasteiger partial charge >= 0.3 is 5.97 Å². The first kappa shape index (κ1) is 16.4. The first-order valence-electron chi connectivity index (χ1n) is 5.87. The summed E-state index contributed by atoms with van der Waals surface area (Å²) < 4.78 is 4.78. The number of likely N-dealkylation sites (N-methyl/N-ethyl adjacent to an activating group) is 1. The van der Waals surface area contributed by atoms with Crippen LogP contribution in [0.4, 0.5) is 0 Å². The molecule has 0 aromatic rings. The van der Waals surface area contributed by atoms with E-state index in [4.69, 9.17) is 4.74 Å². The van der Waals surface area contributed by atoms with E-state index in [1.807, 2.05) is 18.2 Å². The van der Waals surface area contributed by atoms with Gasteiger partial charge < -0.3 is 4.74 Å². The Hall–Kier alpha value is -0.550. The number of ether oxygens (including phenoxy) is 1. The van der Waals surface area contributed by atoms with Crippen molar-refractivity contribution in [2.24, 2.45) is 0 Å². The quantitative estimate of drug-likeness (QED) is 0.590. The van der Waals surface area contributed by atoms with Crippen LogP contribution in [0.3, 0.4) is 0 Å². The van der Waals surface area contributed by atoms with E-state index in [9.17, 15) is 9.59 Å². The summed E-state index contributed by atoms with van der Waals surface area (Å²) in [6, 6.07) is 0.372. The van der Waals surface area contributed by atoms with Gasteiger partial charge in [-0.15, -0.1) is 0 Å². The Bertz CT molecular complexity index is 246. The van der Waals surface area contributed by atoms with Crippen LogP contribution in [0.1, 0.15) is 26.7 Å². The van der Waals surface area contributed by atoms with Crippen molar-refractivity contribution < 1.29 is 14.3 Å². The molecule has 0 bridgehead atoms. The minimum atomic E-state index is -0.291. The van der Waals surface area contributed by atoms with Crippen LogP contribution in [0.5, 0.6) is 0 Å². The molecule has 0 saturated carbocycles. The molecule has 0 radical (unpaired) electrons. The van der Waals surface area contributed by atoms with Crippen LogP contribution < -0.4 is 0 Å². The Balaban J connectivity index is 3.81. The highest BCUT2D eigenvalue weighted by Gasteiger charge is 2.13. The van der Waals surface area contributed by atoms with Crippen LogP contribution in [0.25, 0.3) is 0 Å². The molecule has 0 aromatic heterocycles. The number of esters is 1. The first-order chi connectivity index (χ1) is 8.01. The lowest BCUT2D eigenvalue weighted by atomic mass is 10.2. The predicted molar refractivity (Wildman–Crippen MR) is 71.3 cm³/mol. The van der Waals surface area contributed by atoms with E-state index in [-0.39, 0.29) is 24.6 Å². The second-order valence-electron chi connectivity index (χ2n) is 4.06. The lowest BCUT2D eigenvalue weighted by molar-refractivity contribution is -0.144. The van der Waals surface area contributed by atoms with Crippen molar-refractivity contribution in [1.82, 2.24) is 4.90 Å². The molecule has 0 aliphatic rings. The van der Waals surface area contributed by atoms with E-state index < -0.39 is 0 Å². The molecule has 0 aliphatic heterocycles. The Morgan fingerprint density at radius 2 is 2.00 bits per heavy atom. The number of hydrogen-bond donors (Lipinski definition) is 0. The summed E-state index contributed by atoms with van der Waals surface area (Å²) in [4.78, 5) is 24.7. The molecular formula is C12H23NO3S. The van der Waals surface area contributed by atoms with Gasteiger partial charge in [-0.1, -0.05) is 0 Å². The van der Waals surface area contributed by atoms with Gasteiger partial charge in [-0.25, -0.2) is 0 Å². The number of Topliss-reactive ketones (excluding diaryl/α,β-unsaturated/α-hetero) is 1. The molecule has 0 heterocycles. The van der Waals surface area contributed by atoms with Crippen molar-refractivity contribution in [2.45, 2.75) is 32.7 Å². The van der Waals surface area contributed by atoms with E-state index >= 15 is 0 Å². The monoisotopic (exact) mass is 261 g/mol. The topological polar surface area (TPSA) is 46.6 Å². The third kappa shape index (κ3) is 8.21. The van der Waals surface area contributed by atoms with E-state index in [0.29, 0.717) is 19.2 Å². The van der Waals surface area contributed by atoms with Crippen molar-refractivity contribution in [2.75, 3.05) is 32.2 Å². The Labute approximate surface area is 108 Å². The molecule has 100 valence electrons. The smallest absolute Gasteiger partial charge is 0.306 e. The molecule has 17 heavy (non-hydrogen) atoms. The van der Waals surface area contributed by atoms with Crippen molar-refractivity contribution >= 4 is 23.5 Å². The average Bonchev–Trinajstić information content (AvgIpc) is 2.27. The van der Waals surface area contributed by atoms with Crippen LogP contribution in [0, 0.1) is 0 Å². The normalized spacial score (nSPS) is 12.5. The lowest BCUT2D eigenvalue weighted by Gasteiger charge is -2.23. The van der Waals surface area contributed by atoms with Crippen LogP contribution in [0.15, 0.2) is 0 Å². The van der Waals surface area contributed by atoms with Gasteiger partial charge in [-0.3, -0.25) is 14.5 Å². The molecule has 0 N–H and O–H groups in total. The van der Waals surface area contributed by atoms with Gasteiger partial charge in [0.2, 0.25) is 0 Å². The van der Waals surface area contributed by atoms with Gasteiger partial charge in [0.25, 0.3) is 0 Å². The maximum atomic E-state index is 11.6. The van der Waals surface area contributed by atoms with Crippen LogP contribution in [-0.4, -0.2) is 54.9 Å². The Morgan fingerprint density at radius 1 is 1.35 bits per heavy atom. The number of ketones is 1. The Morgan fingerprint density at radius 3 is 2.53 bits per heavy atom. The zero-order chi connectivity index (χ0) is 13.3. The fourth-order valence-corrected chi connectivity index (χ4v) is 2.09. The highest BCUT2D eigenvalue weighted by atomic mass is 32.2. The number of nitrogens with zero attached hydrogens (tertiary/aromatic N) is 1. The van der Waals surface area contributed by atoms with Crippen LogP contribution in [0.2, 0.25) is 0 Å². The zero-order valence-electron chi connectivity index (χ0n) is 11.2. The summed E-state index contributed by atoms with van der Waals surface area (Å²) in [5.41, 5.74) is 0. The summed E-state index contributed by atoms with van der Waals surface area (Å²) in [5.74, 6) is 0.802. The van der Waals surface area contributed by atoms with E-state index in [1.54, 1.807) is 18.7 Å². The molecule has 4 nitrogen and oxygen atoms in total. The third-order valence-electron chi connectivity index (χ3n) is 2.50. The predicted octanol–water partition coefficient (Wildman–Crippen LogP) is 1.58. The van der Waals surface area contributed by atoms with Crippen molar-refractivity contribution in [3.8, 4) is 0 Å². The van der Waals surface area contributed by atoms with Crippen LogP contribution >= 0.6 is 11.8 Å². The number of thioether (sulfide) groups is 1. The number of hydrogen-bond acceptors (Lipinski definition) is 5. The van der Waals surface area contributed by atoms with Crippen molar-refractivity contribution in [3.63, 3.8) is 0 Å². The first-order valence-corrected chi connectivity index (χ1v) is 7.27. The standard InChI is InChI=1S/C12H23NO3S/c1-5-16-12(15)7-6-11(14)8-13(3)10(2)9-17-4/h10H,5-9H2,1-4H3. The molecule has 1 atom stereocenters. The second-order valence-corrected chi connectivity index (χ2v) is 4.97. The van der Waals surface area contributed by atoms with Gasteiger partial charge in [0, 0.05) is 18.2 Å². The van der Waals surface area contributed by atoms with Gasteiger partial charge in [0.15, 0.2) is 0 Å². The molecular weight excluding hydrogens is 238 g/mol. The summed E-state index contributed by atoms with van der Waals surface area (Å²) in [6.07, 6.45) is 2.51. The minimum Gasteiger partial charge on any atom is -0.466 e. The maximum Gasteiger partial charge on any atom is 0.306 e. The highest BCUT2D eigenvalue weighted by molar-refractivity contribution is 7.98. The largest absolute Gasteiger partial charge is 0.466 e. The number of carbonyl (C=O) groups excluding carboxylic acids is 2. The molecule has 0 aromatic carbocycles. The van der Waals surface area contributed by atoms with Gasteiger partial charge in [0.05, 0.1) is 19.6 Å². The van der Waals surface area contributed by atoms with E-state index in [0.717, 1.165) is 5.75 Å².